The first-order chi connectivity index (χ1) is 12.6. The lowest BCUT2D eigenvalue weighted by molar-refractivity contribution is 0.209. The summed E-state index contributed by atoms with van der Waals surface area (Å²) in [6, 6.07) is 9.00. The van der Waals surface area contributed by atoms with Gasteiger partial charge in [0.15, 0.2) is 11.8 Å². The Labute approximate surface area is 163 Å². The monoisotopic (exact) mass is 368 g/mol. The molecule has 0 bridgehead atoms. The minimum absolute atomic E-state index is 0.0840. The van der Waals surface area contributed by atoms with Crippen LogP contribution in [-0.4, -0.2) is 37.1 Å². The summed E-state index contributed by atoms with van der Waals surface area (Å²) < 4.78 is 12.5. The van der Waals surface area contributed by atoms with Gasteiger partial charge in [-0.15, -0.1) is 0 Å². The summed E-state index contributed by atoms with van der Waals surface area (Å²) in [5.74, 6) is 1.65. The van der Waals surface area contributed by atoms with Gasteiger partial charge in [-0.2, -0.15) is 0 Å². The third-order valence-electron chi connectivity index (χ3n) is 6.22. The standard InChI is InChI=1S/C23H32N2O2/c1-21(2,3)17-13-26-19(24-17)23(11-15-9-7-8-10-16(15)12-23)20-25-18(14-27-20)22(4,5)6/h7-10,17-18H,11-14H2,1-6H3/t17-,18-/m0/s1. The zero-order valence-electron chi connectivity index (χ0n) is 17.5. The van der Waals surface area contributed by atoms with Crippen LogP contribution in [0.3, 0.4) is 0 Å². The molecule has 0 fully saturated rings. The Kier molecular flexibility index (Phi) is 4.17. The first-order valence-electron chi connectivity index (χ1n) is 10.1. The number of fused-ring (bicyclic) bond motifs is 1. The van der Waals surface area contributed by atoms with Gasteiger partial charge in [0, 0.05) is 0 Å². The predicted molar refractivity (Wildman–Crippen MR) is 110 cm³/mol. The van der Waals surface area contributed by atoms with Gasteiger partial charge >= 0.3 is 0 Å². The summed E-state index contributed by atoms with van der Waals surface area (Å²) in [4.78, 5) is 10.1. The molecule has 0 saturated carbocycles. The van der Waals surface area contributed by atoms with Crippen LogP contribution in [0.2, 0.25) is 0 Å². The number of aliphatic imine (C=N–C) groups is 2. The molecule has 0 aromatic heterocycles. The number of rotatable bonds is 2. The van der Waals surface area contributed by atoms with Crippen molar-refractivity contribution in [2.45, 2.75) is 66.5 Å². The molecule has 2 aliphatic heterocycles. The lowest BCUT2D eigenvalue weighted by Crippen LogP contribution is -2.41. The Hall–Kier alpha value is -1.84. The molecule has 4 heteroatoms. The summed E-state index contributed by atoms with van der Waals surface area (Å²) in [5, 5.41) is 0. The zero-order valence-corrected chi connectivity index (χ0v) is 17.5. The first-order valence-corrected chi connectivity index (χ1v) is 10.1. The lowest BCUT2D eigenvalue weighted by Gasteiger charge is -2.27. The second-order valence-electron chi connectivity index (χ2n) is 10.5. The van der Waals surface area contributed by atoms with Crippen LogP contribution in [0.4, 0.5) is 0 Å². The molecule has 0 saturated heterocycles. The van der Waals surface area contributed by atoms with Gasteiger partial charge in [0.2, 0.25) is 0 Å². The van der Waals surface area contributed by atoms with Gasteiger partial charge in [-0.1, -0.05) is 65.8 Å². The quantitative estimate of drug-likeness (QED) is 0.773. The average Bonchev–Trinajstić information content (AvgIpc) is 3.30. The minimum Gasteiger partial charge on any atom is -0.478 e. The van der Waals surface area contributed by atoms with Gasteiger partial charge in [0.1, 0.15) is 18.6 Å². The fourth-order valence-corrected chi connectivity index (χ4v) is 4.17. The van der Waals surface area contributed by atoms with Crippen molar-refractivity contribution in [1.29, 1.82) is 0 Å². The van der Waals surface area contributed by atoms with E-state index in [-0.39, 0.29) is 28.3 Å². The molecule has 1 aromatic rings. The molecule has 0 unspecified atom stereocenters. The van der Waals surface area contributed by atoms with E-state index >= 15 is 0 Å². The Balaban J connectivity index is 1.75. The molecule has 3 aliphatic rings. The largest absolute Gasteiger partial charge is 0.478 e. The number of ether oxygens (including phenoxy) is 2. The molecule has 4 rings (SSSR count). The zero-order chi connectivity index (χ0) is 19.4. The number of benzene rings is 1. The van der Waals surface area contributed by atoms with Crippen LogP contribution in [0, 0.1) is 16.2 Å². The van der Waals surface area contributed by atoms with E-state index in [2.05, 4.69) is 65.8 Å². The van der Waals surface area contributed by atoms with Crippen LogP contribution in [0.5, 0.6) is 0 Å². The van der Waals surface area contributed by atoms with Crippen LogP contribution < -0.4 is 0 Å². The SMILES string of the molecule is CC(C)(C)[C@@H]1COC(C2(C3=N[C@H](C(C)(C)C)CO3)Cc3ccccc3C2)=N1. The smallest absolute Gasteiger partial charge is 0.200 e. The van der Waals surface area contributed by atoms with Crippen molar-refractivity contribution in [3.05, 3.63) is 35.4 Å². The fourth-order valence-electron chi connectivity index (χ4n) is 4.17. The Bertz CT molecular complexity index is 728. The number of hydrogen-bond acceptors (Lipinski definition) is 4. The van der Waals surface area contributed by atoms with Crippen molar-refractivity contribution >= 4 is 11.8 Å². The minimum atomic E-state index is -0.385. The number of nitrogens with zero attached hydrogens (tertiary/aromatic N) is 2. The van der Waals surface area contributed by atoms with Gasteiger partial charge in [0.05, 0.1) is 12.1 Å². The van der Waals surface area contributed by atoms with Crippen molar-refractivity contribution in [2.75, 3.05) is 13.2 Å². The van der Waals surface area contributed by atoms with E-state index in [0.29, 0.717) is 13.2 Å². The molecular weight excluding hydrogens is 336 g/mol. The molecule has 0 radical (unpaired) electrons. The van der Waals surface area contributed by atoms with Crippen LogP contribution in [-0.2, 0) is 22.3 Å². The van der Waals surface area contributed by atoms with Crippen LogP contribution in [0.15, 0.2) is 34.3 Å². The van der Waals surface area contributed by atoms with E-state index in [0.717, 1.165) is 24.6 Å². The van der Waals surface area contributed by atoms with E-state index in [1.807, 2.05) is 0 Å². The van der Waals surface area contributed by atoms with E-state index in [4.69, 9.17) is 19.5 Å². The maximum absolute atomic E-state index is 6.23. The molecule has 1 aromatic carbocycles. The fraction of sp³-hybridized carbons (Fsp3) is 0.652. The molecule has 4 nitrogen and oxygen atoms in total. The molecular formula is C23H32N2O2. The summed E-state index contributed by atoms with van der Waals surface area (Å²) >= 11 is 0. The van der Waals surface area contributed by atoms with Gasteiger partial charge < -0.3 is 9.47 Å². The van der Waals surface area contributed by atoms with Crippen LogP contribution in [0.25, 0.3) is 0 Å². The predicted octanol–water partition coefficient (Wildman–Crippen LogP) is 4.46. The highest BCUT2D eigenvalue weighted by Crippen LogP contribution is 2.45. The summed E-state index contributed by atoms with van der Waals surface area (Å²) in [6.45, 7) is 14.6. The van der Waals surface area contributed by atoms with Gasteiger partial charge in [0.25, 0.3) is 0 Å². The lowest BCUT2D eigenvalue weighted by atomic mass is 9.83. The highest BCUT2D eigenvalue weighted by atomic mass is 16.5. The topological polar surface area (TPSA) is 43.2 Å². The molecule has 0 N–H and O–H groups in total. The van der Waals surface area contributed by atoms with Crippen LogP contribution in [0.1, 0.15) is 52.7 Å². The van der Waals surface area contributed by atoms with Crippen molar-refractivity contribution in [3.8, 4) is 0 Å². The average molecular weight is 369 g/mol. The van der Waals surface area contributed by atoms with Crippen molar-refractivity contribution < 1.29 is 9.47 Å². The maximum Gasteiger partial charge on any atom is 0.200 e. The molecule has 146 valence electrons. The molecule has 1 aliphatic carbocycles. The summed E-state index contributed by atoms with van der Waals surface area (Å²) in [7, 11) is 0. The highest BCUT2D eigenvalue weighted by molar-refractivity contribution is 6.07. The van der Waals surface area contributed by atoms with Gasteiger partial charge in [-0.05, 0) is 34.8 Å². The molecule has 2 heterocycles. The van der Waals surface area contributed by atoms with E-state index in [9.17, 15) is 0 Å². The van der Waals surface area contributed by atoms with Crippen molar-refractivity contribution in [1.82, 2.24) is 0 Å². The van der Waals surface area contributed by atoms with E-state index < -0.39 is 0 Å². The molecule has 0 amide bonds. The van der Waals surface area contributed by atoms with Crippen LogP contribution >= 0.6 is 0 Å². The number of hydrogen-bond donors (Lipinski definition) is 0. The second-order valence-corrected chi connectivity index (χ2v) is 10.5. The maximum atomic E-state index is 6.23. The van der Waals surface area contributed by atoms with E-state index in [1.165, 1.54) is 11.1 Å². The Morgan fingerprint density at radius 3 is 1.52 bits per heavy atom. The molecule has 2 atom stereocenters. The normalized spacial score (nSPS) is 26.9. The molecule has 27 heavy (non-hydrogen) atoms. The summed E-state index contributed by atoms with van der Waals surface area (Å²) in [6.07, 6.45) is 1.71. The van der Waals surface area contributed by atoms with Gasteiger partial charge in [-0.25, -0.2) is 9.98 Å². The highest BCUT2D eigenvalue weighted by Gasteiger charge is 2.53. The first kappa shape index (κ1) is 18.5. The van der Waals surface area contributed by atoms with Gasteiger partial charge in [-0.3, -0.25) is 0 Å². The summed E-state index contributed by atoms with van der Waals surface area (Å²) in [5.41, 5.74) is 2.49. The third-order valence-corrected chi connectivity index (χ3v) is 6.22. The molecule has 0 spiro atoms. The van der Waals surface area contributed by atoms with Crippen molar-refractivity contribution in [2.24, 2.45) is 26.2 Å². The van der Waals surface area contributed by atoms with E-state index in [1.54, 1.807) is 0 Å². The Morgan fingerprint density at radius 1 is 0.778 bits per heavy atom. The second kappa shape index (κ2) is 6.08. The Morgan fingerprint density at radius 2 is 1.19 bits per heavy atom. The third kappa shape index (κ3) is 3.17. The van der Waals surface area contributed by atoms with Crippen molar-refractivity contribution in [3.63, 3.8) is 0 Å².